The average Bonchev–Trinajstić information content (AvgIpc) is 3.31. The number of hydrogen-bond acceptors (Lipinski definition) is 8. The van der Waals surface area contributed by atoms with E-state index in [-0.39, 0.29) is 16.6 Å². The summed E-state index contributed by atoms with van der Waals surface area (Å²) in [5.41, 5.74) is 1.95. The molecular weight excluding hydrogens is 477 g/mol. The van der Waals surface area contributed by atoms with Crippen molar-refractivity contribution in [3.63, 3.8) is 0 Å². The SMILES string of the molecule is [O-][n+]1cc(-c2c(-n3cnnn3)ccc(Cl)c2F)ccc1[C@H](CC1CC1)n1cc(-c2nnco2)cn1. The molecule has 1 aromatic carbocycles. The molecule has 0 bridgehead atoms. The Morgan fingerprint density at radius 2 is 2.09 bits per heavy atom. The van der Waals surface area contributed by atoms with Crippen molar-refractivity contribution in [2.75, 3.05) is 0 Å². The highest BCUT2D eigenvalue weighted by molar-refractivity contribution is 6.31. The Labute approximate surface area is 202 Å². The molecule has 5 aromatic rings. The summed E-state index contributed by atoms with van der Waals surface area (Å²) in [5, 5.41) is 36.4. The molecule has 4 aromatic heterocycles. The van der Waals surface area contributed by atoms with Crippen LogP contribution in [0, 0.1) is 16.9 Å². The highest BCUT2D eigenvalue weighted by Gasteiger charge is 2.32. The van der Waals surface area contributed by atoms with E-state index < -0.39 is 5.82 Å². The lowest BCUT2D eigenvalue weighted by Gasteiger charge is -2.18. The number of halogens is 2. The van der Waals surface area contributed by atoms with Crippen LogP contribution in [0.15, 0.2) is 60.0 Å². The molecule has 1 atom stereocenters. The highest BCUT2D eigenvalue weighted by atomic mass is 35.5. The second kappa shape index (κ2) is 8.55. The maximum atomic E-state index is 15.2. The number of aromatic nitrogens is 9. The van der Waals surface area contributed by atoms with Gasteiger partial charge in [0, 0.05) is 12.3 Å². The summed E-state index contributed by atoms with van der Waals surface area (Å²) >= 11 is 6.06. The van der Waals surface area contributed by atoms with Gasteiger partial charge in [0.15, 0.2) is 12.0 Å². The van der Waals surface area contributed by atoms with Crippen molar-refractivity contribution in [2.45, 2.75) is 25.3 Å². The van der Waals surface area contributed by atoms with Crippen LogP contribution in [0.1, 0.15) is 31.0 Å². The van der Waals surface area contributed by atoms with Gasteiger partial charge in [0.1, 0.15) is 12.4 Å². The number of tetrazole rings is 1. The third kappa shape index (κ3) is 4.01. The zero-order valence-electron chi connectivity index (χ0n) is 18.1. The Bertz CT molecular complexity index is 1480. The molecule has 11 nitrogen and oxygen atoms in total. The summed E-state index contributed by atoms with van der Waals surface area (Å²) in [7, 11) is 0. The summed E-state index contributed by atoms with van der Waals surface area (Å²) < 4.78 is 24.2. The first kappa shape index (κ1) is 21.4. The standard InChI is InChI=1S/C22H17ClFN9O2/c23-16-4-6-18(32-11-25-29-30-32)20(21(16)24)14-3-5-17(33(34)10-14)19(7-13-1-2-13)31-9-15(8-27-31)22-28-26-12-35-22/h3-6,8-13,19H,1-2,7H2/t19-/m0/s1. The Hall–Kier alpha value is -4.19. The van der Waals surface area contributed by atoms with Gasteiger partial charge in [-0.15, -0.1) is 15.3 Å². The normalized spacial score (nSPS) is 14.3. The molecule has 0 N–H and O–H groups in total. The van der Waals surface area contributed by atoms with Crippen LogP contribution in [0.3, 0.4) is 0 Å². The van der Waals surface area contributed by atoms with Gasteiger partial charge >= 0.3 is 0 Å². The van der Waals surface area contributed by atoms with Gasteiger partial charge < -0.3 is 9.62 Å². The van der Waals surface area contributed by atoms with Crippen LogP contribution in [0.4, 0.5) is 4.39 Å². The minimum Gasteiger partial charge on any atom is -0.618 e. The van der Waals surface area contributed by atoms with E-state index in [9.17, 15) is 5.21 Å². The van der Waals surface area contributed by atoms with Crippen LogP contribution < -0.4 is 4.73 Å². The molecule has 1 fully saturated rings. The van der Waals surface area contributed by atoms with Gasteiger partial charge in [0.25, 0.3) is 5.89 Å². The van der Waals surface area contributed by atoms with Gasteiger partial charge in [-0.1, -0.05) is 24.4 Å². The third-order valence-corrected chi connectivity index (χ3v) is 6.32. The molecular formula is C22H17ClFN9O2. The van der Waals surface area contributed by atoms with Crippen molar-refractivity contribution in [3.8, 4) is 28.3 Å². The molecule has 0 radical (unpaired) electrons. The predicted octanol–water partition coefficient (Wildman–Crippen LogP) is 3.39. The van der Waals surface area contributed by atoms with Crippen LogP contribution >= 0.6 is 11.6 Å². The molecule has 0 saturated heterocycles. The Kier molecular flexibility index (Phi) is 5.21. The summed E-state index contributed by atoms with van der Waals surface area (Å²) in [6.45, 7) is 0. The van der Waals surface area contributed by atoms with Crippen LogP contribution in [-0.2, 0) is 0 Å². The summed E-state index contributed by atoms with van der Waals surface area (Å²) in [4.78, 5) is 0. The fourth-order valence-corrected chi connectivity index (χ4v) is 4.28. The molecule has 1 saturated carbocycles. The van der Waals surface area contributed by atoms with Crippen molar-refractivity contribution in [2.24, 2.45) is 5.92 Å². The van der Waals surface area contributed by atoms with Crippen LogP contribution in [0.2, 0.25) is 5.02 Å². The minimum absolute atomic E-state index is 0.0740. The van der Waals surface area contributed by atoms with E-state index in [1.54, 1.807) is 35.3 Å². The summed E-state index contributed by atoms with van der Waals surface area (Å²) in [5.74, 6) is 0.184. The molecule has 0 amide bonds. The highest BCUT2D eigenvalue weighted by Crippen LogP contribution is 2.39. The summed E-state index contributed by atoms with van der Waals surface area (Å²) in [6, 6.07) is 6.07. The van der Waals surface area contributed by atoms with E-state index in [2.05, 4.69) is 30.8 Å². The molecule has 1 aliphatic rings. The molecule has 35 heavy (non-hydrogen) atoms. The van der Waals surface area contributed by atoms with Gasteiger partial charge in [-0.3, -0.25) is 4.68 Å². The minimum atomic E-state index is -0.668. The van der Waals surface area contributed by atoms with Crippen LogP contribution in [0.5, 0.6) is 0 Å². The second-order valence-electron chi connectivity index (χ2n) is 8.33. The molecule has 6 rings (SSSR count). The summed E-state index contributed by atoms with van der Waals surface area (Å²) in [6.07, 6.45) is 10.3. The lowest BCUT2D eigenvalue weighted by molar-refractivity contribution is -0.615. The van der Waals surface area contributed by atoms with Gasteiger partial charge in [-0.2, -0.15) is 14.5 Å². The van der Waals surface area contributed by atoms with Crippen molar-refractivity contribution >= 4 is 11.6 Å². The number of rotatable bonds is 7. The third-order valence-electron chi connectivity index (χ3n) is 6.02. The topological polar surface area (TPSA) is 127 Å². The average molecular weight is 494 g/mol. The van der Waals surface area contributed by atoms with E-state index in [0.29, 0.717) is 34.3 Å². The lowest BCUT2D eigenvalue weighted by atomic mass is 10.0. The second-order valence-corrected chi connectivity index (χ2v) is 8.73. The first-order chi connectivity index (χ1) is 17.1. The quantitative estimate of drug-likeness (QED) is 0.249. The van der Waals surface area contributed by atoms with Gasteiger partial charge in [-0.05, 0) is 41.0 Å². The molecule has 0 spiro atoms. The first-order valence-corrected chi connectivity index (χ1v) is 11.2. The fraction of sp³-hybridized carbons (Fsp3) is 0.227. The monoisotopic (exact) mass is 493 g/mol. The zero-order valence-corrected chi connectivity index (χ0v) is 18.8. The largest absolute Gasteiger partial charge is 0.618 e. The fourth-order valence-electron chi connectivity index (χ4n) is 4.13. The number of pyridine rings is 1. The first-order valence-electron chi connectivity index (χ1n) is 10.8. The van der Waals surface area contributed by atoms with E-state index in [1.165, 1.54) is 29.7 Å². The smallest absolute Gasteiger partial charge is 0.250 e. The van der Waals surface area contributed by atoms with E-state index in [1.807, 2.05) is 0 Å². The van der Waals surface area contributed by atoms with Crippen molar-refractivity contribution in [1.29, 1.82) is 0 Å². The molecule has 4 heterocycles. The molecule has 0 unspecified atom stereocenters. The maximum absolute atomic E-state index is 15.2. The molecule has 1 aliphatic carbocycles. The number of hydrogen-bond donors (Lipinski definition) is 0. The molecule has 176 valence electrons. The molecule has 0 aliphatic heterocycles. The van der Waals surface area contributed by atoms with Crippen LogP contribution in [-0.4, -0.2) is 40.2 Å². The van der Waals surface area contributed by atoms with Gasteiger partial charge in [-0.25, -0.2) is 4.39 Å². The number of benzene rings is 1. The van der Waals surface area contributed by atoms with Crippen LogP contribution in [0.25, 0.3) is 28.3 Å². The van der Waals surface area contributed by atoms with Crippen molar-refractivity contribution < 1.29 is 13.5 Å². The van der Waals surface area contributed by atoms with E-state index in [0.717, 1.165) is 24.0 Å². The Morgan fingerprint density at radius 1 is 1.20 bits per heavy atom. The Morgan fingerprint density at radius 3 is 2.80 bits per heavy atom. The Balaban J connectivity index is 1.41. The van der Waals surface area contributed by atoms with Crippen molar-refractivity contribution in [1.82, 2.24) is 40.2 Å². The predicted molar refractivity (Wildman–Crippen MR) is 120 cm³/mol. The van der Waals surface area contributed by atoms with Gasteiger partial charge in [0.05, 0.1) is 33.6 Å². The van der Waals surface area contributed by atoms with E-state index >= 15 is 4.39 Å². The number of nitrogens with zero attached hydrogens (tertiary/aromatic N) is 9. The van der Waals surface area contributed by atoms with E-state index in [4.69, 9.17) is 16.0 Å². The lowest BCUT2D eigenvalue weighted by Crippen LogP contribution is -2.35. The molecule has 13 heteroatoms. The van der Waals surface area contributed by atoms with Crippen molar-refractivity contribution in [3.05, 3.63) is 77.3 Å². The van der Waals surface area contributed by atoms with Gasteiger partial charge in [0.2, 0.25) is 12.1 Å². The zero-order chi connectivity index (χ0) is 23.9. The maximum Gasteiger partial charge on any atom is 0.250 e.